The van der Waals surface area contributed by atoms with Crippen LogP contribution in [0, 0.1) is 0 Å². The van der Waals surface area contributed by atoms with Gasteiger partial charge in [0.2, 0.25) is 0 Å². The fourth-order valence-corrected chi connectivity index (χ4v) is 9.03. The molecule has 9 aromatic carbocycles. The zero-order valence-corrected chi connectivity index (χ0v) is 36.3. The predicted octanol–water partition coefficient (Wildman–Crippen LogP) is 15.2. The van der Waals surface area contributed by atoms with Gasteiger partial charge in [0.15, 0.2) is 34.9 Å². The van der Waals surface area contributed by atoms with Gasteiger partial charge in [0.25, 0.3) is 0 Å². The lowest BCUT2D eigenvalue weighted by molar-refractivity contribution is 0.668. The lowest BCUT2D eigenvalue weighted by Crippen LogP contribution is -2.00. The van der Waals surface area contributed by atoms with Crippen LogP contribution in [0.25, 0.3) is 134 Å². The molecule has 318 valence electrons. The van der Waals surface area contributed by atoms with Crippen LogP contribution in [0.1, 0.15) is 0 Å². The van der Waals surface area contributed by atoms with Gasteiger partial charge >= 0.3 is 0 Å². The quantitative estimate of drug-likeness (QED) is 0.149. The third kappa shape index (κ3) is 7.04. The molecule has 68 heavy (non-hydrogen) atoms. The Hall–Kier alpha value is -9.40. The molecule has 0 unspecified atom stereocenters. The second-order valence-corrected chi connectivity index (χ2v) is 16.7. The number of hydrogen-bond donors (Lipinski definition) is 0. The first-order chi connectivity index (χ1) is 33.6. The van der Waals surface area contributed by atoms with Crippen molar-refractivity contribution in [3.05, 3.63) is 218 Å². The van der Waals surface area contributed by atoms with Crippen molar-refractivity contribution in [2.45, 2.75) is 0 Å². The normalized spacial score (nSPS) is 11.5. The zero-order valence-electron chi connectivity index (χ0n) is 36.3. The Bertz CT molecular complexity index is 4020. The van der Waals surface area contributed by atoms with E-state index >= 15 is 0 Å². The number of nitrogens with zero attached hydrogens (tertiary/aromatic N) is 6. The van der Waals surface area contributed by atoms with Gasteiger partial charge in [-0.2, -0.15) is 0 Å². The van der Waals surface area contributed by atoms with Gasteiger partial charge < -0.3 is 8.83 Å². The fraction of sp³-hybridized carbons (Fsp3) is 0. The van der Waals surface area contributed by atoms with Crippen LogP contribution in [0.5, 0.6) is 0 Å². The van der Waals surface area contributed by atoms with Crippen molar-refractivity contribution in [2.24, 2.45) is 0 Å². The van der Waals surface area contributed by atoms with Crippen LogP contribution in [0.4, 0.5) is 0 Å². The SMILES string of the molecule is c1ccc(-c2ccc(-c3nc(-c4ccccc4)nc(-c4cccc(-c5ccc6oc7cccc(-c8nc(-c9ccccc9)nc(-c9ccc%10c(c9)oc9ccccc9%10)n8)c7c6c5)c4)n3)cc2)cc1. The number of aromatic nitrogens is 6. The molecular weight excluding hydrogens is 837 g/mol. The van der Waals surface area contributed by atoms with E-state index in [4.69, 9.17) is 38.7 Å². The summed E-state index contributed by atoms with van der Waals surface area (Å²) in [6.45, 7) is 0. The van der Waals surface area contributed by atoms with Gasteiger partial charge in [-0.25, -0.2) is 29.9 Å². The molecule has 0 N–H and O–H groups in total. The molecule has 4 heterocycles. The van der Waals surface area contributed by atoms with Crippen LogP contribution in [-0.2, 0) is 0 Å². The standard InChI is InChI=1S/C60H36N6O2/c1-4-14-37(15-5-1)38-26-28-41(29-27-38)57-61-55(39-16-6-2-7-17-39)62-58(64-57)44-21-12-20-42(34-44)43-31-33-51-49(35-43)54-48(23-13-25-52(54)67-51)60-65-56(40-18-8-3-9-19-40)63-59(66-60)45-30-32-47-46-22-10-11-24-50(46)68-53(47)36-45/h1-36H. The molecule has 0 aliphatic heterocycles. The molecule has 0 amide bonds. The van der Waals surface area contributed by atoms with Gasteiger partial charge in [-0.1, -0.05) is 176 Å². The number of fused-ring (bicyclic) bond motifs is 6. The molecule has 0 atom stereocenters. The lowest BCUT2D eigenvalue weighted by Gasteiger charge is -2.10. The first-order valence-electron chi connectivity index (χ1n) is 22.4. The third-order valence-electron chi connectivity index (χ3n) is 12.4. The summed E-state index contributed by atoms with van der Waals surface area (Å²) in [5.74, 6) is 3.44. The van der Waals surface area contributed by atoms with Crippen molar-refractivity contribution in [1.82, 2.24) is 29.9 Å². The van der Waals surface area contributed by atoms with E-state index in [-0.39, 0.29) is 0 Å². The largest absolute Gasteiger partial charge is 0.456 e. The molecule has 0 spiro atoms. The Balaban J connectivity index is 0.915. The molecule has 8 heteroatoms. The smallest absolute Gasteiger partial charge is 0.164 e. The molecule has 4 aromatic heterocycles. The van der Waals surface area contributed by atoms with Gasteiger partial charge in [-0.15, -0.1) is 0 Å². The van der Waals surface area contributed by atoms with E-state index in [0.717, 1.165) is 99.5 Å². The van der Waals surface area contributed by atoms with Gasteiger partial charge in [0.05, 0.1) is 0 Å². The summed E-state index contributed by atoms with van der Waals surface area (Å²) in [5.41, 5.74) is 12.6. The van der Waals surface area contributed by atoms with Crippen LogP contribution in [0.15, 0.2) is 227 Å². The van der Waals surface area contributed by atoms with Gasteiger partial charge in [0.1, 0.15) is 22.3 Å². The lowest BCUT2D eigenvalue weighted by atomic mass is 9.99. The van der Waals surface area contributed by atoms with E-state index in [1.807, 2.05) is 115 Å². The van der Waals surface area contributed by atoms with Gasteiger partial charge in [-0.05, 0) is 64.7 Å². The van der Waals surface area contributed by atoms with Crippen molar-refractivity contribution < 1.29 is 8.83 Å². The molecule has 0 bridgehead atoms. The Kier molecular flexibility index (Phi) is 9.31. The molecule has 13 rings (SSSR count). The van der Waals surface area contributed by atoms with Crippen LogP contribution in [0.2, 0.25) is 0 Å². The number of benzene rings is 9. The highest BCUT2D eigenvalue weighted by molar-refractivity contribution is 6.13. The summed E-state index contributed by atoms with van der Waals surface area (Å²) < 4.78 is 12.8. The van der Waals surface area contributed by atoms with Crippen molar-refractivity contribution >= 4 is 43.9 Å². The molecular formula is C60H36N6O2. The number of hydrogen-bond acceptors (Lipinski definition) is 8. The summed E-state index contributed by atoms with van der Waals surface area (Å²) in [4.78, 5) is 30.5. The maximum atomic E-state index is 6.54. The molecule has 8 nitrogen and oxygen atoms in total. The minimum Gasteiger partial charge on any atom is -0.456 e. The Morgan fingerprint density at radius 1 is 0.221 bits per heavy atom. The van der Waals surface area contributed by atoms with E-state index in [0.29, 0.717) is 34.9 Å². The average molecular weight is 873 g/mol. The van der Waals surface area contributed by atoms with Crippen LogP contribution < -0.4 is 0 Å². The van der Waals surface area contributed by atoms with E-state index < -0.39 is 0 Å². The first-order valence-corrected chi connectivity index (χ1v) is 22.4. The summed E-state index contributed by atoms with van der Waals surface area (Å²) >= 11 is 0. The molecule has 0 radical (unpaired) electrons. The molecule has 0 saturated carbocycles. The van der Waals surface area contributed by atoms with Crippen molar-refractivity contribution in [1.29, 1.82) is 0 Å². The number of para-hydroxylation sites is 1. The summed E-state index contributed by atoms with van der Waals surface area (Å²) in [6, 6.07) is 73.7. The highest BCUT2D eigenvalue weighted by Crippen LogP contribution is 2.40. The highest BCUT2D eigenvalue weighted by atomic mass is 16.3. The maximum absolute atomic E-state index is 6.54. The zero-order chi connectivity index (χ0) is 45.0. The van der Waals surface area contributed by atoms with Crippen molar-refractivity contribution in [3.8, 4) is 90.6 Å². The molecule has 0 aliphatic carbocycles. The van der Waals surface area contributed by atoms with Crippen LogP contribution >= 0.6 is 0 Å². The fourth-order valence-electron chi connectivity index (χ4n) is 9.03. The maximum Gasteiger partial charge on any atom is 0.164 e. The Labute approximate surface area is 390 Å². The third-order valence-corrected chi connectivity index (χ3v) is 12.4. The molecule has 13 aromatic rings. The van der Waals surface area contributed by atoms with Crippen LogP contribution in [0.3, 0.4) is 0 Å². The van der Waals surface area contributed by atoms with Crippen molar-refractivity contribution in [3.63, 3.8) is 0 Å². The average Bonchev–Trinajstić information content (AvgIpc) is 3.99. The van der Waals surface area contributed by atoms with Gasteiger partial charge in [-0.3, -0.25) is 0 Å². The van der Waals surface area contributed by atoms with Crippen molar-refractivity contribution in [2.75, 3.05) is 0 Å². The Morgan fingerprint density at radius 2 is 0.632 bits per heavy atom. The molecule has 0 aliphatic rings. The van der Waals surface area contributed by atoms with E-state index in [1.54, 1.807) is 0 Å². The molecule has 0 fully saturated rings. The van der Waals surface area contributed by atoms with E-state index in [2.05, 4.69) is 103 Å². The van der Waals surface area contributed by atoms with Gasteiger partial charge in [0, 0.05) is 54.9 Å². The summed E-state index contributed by atoms with van der Waals surface area (Å²) in [7, 11) is 0. The van der Waals surface area contributed by atoms with E-state index in [9.17, 15) is 0 Å². The monoisotopic (exact) mass is 872 g/mol. The summed E-state index contributed by atoms with van der Waals surface area (Å²) in [6.07, 6.45) is 0. The van der Waals surface area contributed by atoms with Crippen LogP contribution in [-0.4, -0.2) is 29.9 Å². The molecule has 0 saturated heterocycles. The Morgan fingerprint density at radius 3 is 1.32 bits per heavy atom. The number of furan rings is 2. The minimum atomic E-state index is 0.536. The topological polar surface area (TPSA) is 104 Å². The first kappa shape index (κ1) is 39.0. The number of rotatable bonds is 8. The predicted molar refractivity (Wildman–Crippen MR) is 271 cm³/mol. The van der Waals surface area contributed by atoms with E-state index in [1.165, 1.54) is 0 Å². The second kappa shape index (κ2) is 16.2. The highest BCUT2D eigenvalue weighted by Gasteiger charge is 2.20. The minimum absolute atomic E-state index is 0.536. The summed E-state index contributed by atoms with van der Waals surface area (Å²) in [5, 5.41) is 3.96. The second-order valence-electron chi connectivity index (χ2n) is 16.7.